The zero-order valence-electron chi connectivity index (χ0n) is 14.9. The molecule has 1 atom stereocenters. The Morgan fingerprint density at radius 1 is 1.16 bits per heavy atom. The molecule has 0 N–H and O–H groups in total. The first-order valence-electron chi connectivity index (χ1n) is 8.25. The van der Waals surface area contributed by atoms with Crippen molar-refractivity contribution in [3.05, 3.63) is 40.3 Å². The van der Waals surface area contributed by atoms with Gasteiger partial charge in [-0.25, -0.2) is 8.42 Å². The number of benzene rings is 1. The smallest absolute Gasteiger partial charge is 0.253 e. The average Bonchev–Trinajstić information content (AvgIpc) is 3.09. The van der Waals surface area contributed by atoms with Gasteiger partial charge in [-0.2, -0.15) is 4.31 Å². The molecule has 1 aliphatic heterocycles. The van der Waals surface area contributed by atoms with Gasteiger partial charge in [-0.05, 0) is 55.2 Å². The van der Waals surface area contributed by atoms with Crippen LogP contribution in [0, 0.1) is 0 Å². The minimum absolute atomic E-state index is 0.109. The van der Waals surface area contributed by atoms with Crippen LogP contribution < -0.4 is 9.47 Å². The number of rotatable bonds is 5. The number of aryl methyl sites for hydroxylation is 1. The van der Waals surface area contributed by atoms with Gasteiger partial charge in [0.1, 0.15) is 4.21 Å². The van der Waals surface area contributed by atoms with Crippen LogP contribution in [0.1, 0.15) is 29.9 Å². The van der Waals surface area contributed by atoms with E-state index in [4.69, 9.17) is 9.47 Å². The molecule has 3 rings (SSSR count). The SMILES string of the molecule is CCc1ccc(S(=O)(=O)N2Cc3cc(OC)c(OC)cc3CC2C)s1. The number of nitrogens with zero attached hydrogens (tertiary/aromatic N) is 1. The van der Waals surface area contributed by atoms with E-state index in [1.165, 1.54) is 11.3 Å². The maximum atomic E-state index is 13.1. The van der Waals surface area contributed by atoms with Crippen molar-refractivity contribution in [1.82, 2.24) is 4.31 Å². The Morgan fingerprint density at radius 3 is 2.36 bits per heavy atom. The number of sulfonamides is 1. The van der Waals surface area contributed by atoms with E-state index in [9.17, 15) is 8.42 Å². The van der Waals surface area contributed by atoms with E-state index < -0.39 is 10.0 Å². The third-order valence-corrected chi connectivity index (χ3v) is 8.24. The van der Waals surface area contributed by atoms with Crippen LogP contribution in [-0.2, 0) is 29.4 Å². The quantitative estimate of drug-likeness (QED) is 0.796. The Hall–Kier alpha value is -1.57. The molecule has 1 unspecified atom stereocenters. The lowest BCUT2D eigenvalue weighted by Crippen LogP contribution is -2.42. The van der Waals surface area contributed by atoms with Gasteiger partial charge in [-0.3, -0.25) is 0 Å². The molecule has 0 bridgehead atoms. The van der Waals surface area contributed by atoms with Gasteiger partial charge in [-0.15, -0.1) is 11.3 Å². The molecule has 7 heteroatoms. The lowest BCUT2D eigenvalue weighted by molar-refractivity contribution is 0.305. The van der Waals surface area contributed by atoms with Crippen LogP contribution in [0.25, 0.3) is 0 Å². The van der Waals surface area contributed by atoms with Gasteiger partial charge in [-0.1, -0.05) is 6.92 Å². The van der Waals surface area contributed by atoms with Gasteiger partial charge in [0.05, 0.1) is 14.2 Å². The highest BCUT2D eigenvalue weighted by molar-refractivity contribution is 7.91. The van der Waals surface area contributed by atoms with Crippen molar-refractivity contribution in [3.63, 3.8) is 0 Å². The fourth-order valence-corrected chi connectivity index (χ4v) is 6.20. The van der Waals surface area contributed by atoms with Gasteiger partial charge in [0.2, 0.25) is 0 Å². The minimum Gasteiger partial charge on any atom is -0.493 e. The monoisotopic (exact) mass is 381 g/mol. The summed E-state index contributed by atoms with van der Waals surface area (Å²) in [7, 11) is -0.307. The second-order valence-electron chi connectivity index (χ2n) is 6.15. The Balaban J connectivity index is 1.98. The van der Waals surface area contributed by atoms with E-state index in [1.54, 1.807) is 24.6 Å². The topological polar surface area (TPSA) is 55.8 Å². The van der Waals surface area contributed by atoms with Gasteiger partial charge in [0, 0.05) is 17.5 Å². The molecule has 1 aromatic carbocycles. The first kappa shape index (κ1) is 18.2. The predicted molar refractivity (Wildman–Crippen MR) is 99.1 cm³/mol. The van der Waals surface area contributed by atoms with Crippen LogP contribution in [0.2, 0.25) is 0 Å². The third-order valence-electron chi connectivity index (χ3n) is 4.59. The lowest BCUT2D eigenvalue weighted by atomic mass is 9.96. The molecule has 0 saturated heterocycles. The number of fused-ring (bicyclic) bond motifs is 1. The van der Waals surface area contributed by atoms with Crippen LogP contribution in [0.3, 0.4) is 0 Å². The largest absolute Gasteiger partial charge is 0.493 e. The summed E-state index contributed by atoms with van der Waals surface area (Å²) >= 11 is 1.36. The molecule has 0 fully saturated rings. The lowest BCUT2D eigenvalue weighted by Gasteiger charge is -2.34. The average molecular weight is 382 g/mol. The Morgan fingerprint density at radius 2 is 1.80 bits per heavy atom. The van der Waals surface area contributed by atoms with Crippen molar-refractivity contribution < 1.29 is 17.9 Å². The van der Waals surface area contributed by atoms with E-state index in [0.29, 0.717) is 28.7 Å². The maximum Gasteiger partial charge on any atom is 0.253 e. The first-order chi connectivity index (χ1) is 11.9. The van der Waals surface area contributed by atoms with Gasteiger partial charge in [0.15, 0.2) is 11.5 Å². The standard InChI is InChI=1S/C18H23NO4S2/c1-5-15-6-7-18(24-15)25(20,21)19-11-14-10-17(23-4)16(22-3)9-13(14)8-12(19)2/h6-7,9-10,12H,5,8,11H2,1-4H3. The summed E-state index contributed by atoms with van der Waals surface area (Å²) < 4.78 is 38.9. The normalized spacial score (nSPS) is 18.0. The van der Waals surface area contributed by atoms with Gasteiger partial charge >= 0.3 is 0 Å². The summed E-state index contributed by atoms with van der Waals surface area (Å²) in [6.07, 6.45) is 1.50. The molecule has 25 heavy (non-hydrogen) atoms. The van der Waals surface area contributed by atoms with Crippen molar-refractivity contribution in [2.45, 2.75) is 43.5 Å². The summed E-state index contributed by atoms with van der Waals surface area (Å²) in [5, 5.41) is 0. The van der Waals surface area contributed by atoms with Crippen molar-refractivity contribution in [3.8, 4) is 11.5 Å². The number of hydrogen-bond acceptors (Lipinski definition) is 5. The molecule has 0 saturated carbocycles. The Kier molecular flexibility index (Phi) is 5.09. The fraction of sp³-hybridized carbons (Fsp3) is 0.444. The molecular weight excluding hydrogens is 358 g/mol. The maximum absolute atomic E-state index is 13.1. The zero-order valence-corrected chi connectivity index (χ0v) is 16.5. The van der Waals surface area contributed by atoms with Crippen LogP contribution in [0.4, 0.5) is 0 Å². The van der Waals surface area contributed by atoms with Crippen molar-refractivity contribution >= 4 is 21.4 Å². The van der Waals surface area contributed by atoms with Crippen LogP contribution in [0.15, 0.2) is 28.5 Å². The van der Waals surface area contributed by atoms with Crippen LogP contribution >= 0.6 is 11.3 Å². The molecule has 2 heterocycles. The van der Waals surface area contributed by atoms with Gasteiger partial charge < -0.3 is 9.47 Å². The van der Waals surface area contributed by atoms with Crippen molar-refractivity contribution in [2.24, 2.45) is 0 Å². The zero-order chi connectivity index (χ0) is 18.2. The molecule has 0 spiro atoms. The van der Waals surface area contributed by atoms with Crippen LogP contribution in [0.5, 0.6) is 11.5 Å². The van der Waals surface area contributed by atoms with Crippen molar-refractivity contribution in [1.29, 1.82) is 0 Å². The molecule has 136 valence electrons. The van der Waals surface area contributed by atoms with E-state index in [0.717, 1.165) is 22.4 Å². The van der Waals surface area contributed by atoms with E-state index >= 15 is 0 Å². The molecule has 2 aromatic rings. The molecular formula is C18H23NO4S2. The van der Waals surface area contributed by atoms with Crippen molar-refractivity contribution in [2.75, 3.05) is 14.2 Å². The minimum atomic E-state index is -3.50. The Labute approximate surface area is 153 Å². The first-order valence-corrected chi connectivity index (χ1v) is 10.5. The highest BCUT2D eigenvalue weighted by atomic mass is 32.2. The van der Waals surface area contributed by atoms with E-state index in [-0.39, 0.29) is 6.04 Å². The fourth-order valence-electron chi connectivity index (χ4n) is 3.17. The van der Waals surface area contributed by atoms with E-state index in [2.05, 4.69) is 0 Å². The number of hydrogen-bond donors (Lipinski definition) is 0. The summed E-state index contributed by atoms with van der Waals surface area (Å²) in [4.78, 5) is 1.08. The van der Waals surface area contributed by atoms with Crippen LogP contribution in [-0.4, -0.2) is 33.0 Å². The molecule has 1 aliphatic rings. The molecule has 0 amide bonds. The second kappa shape index (κ2) is 6.97. The van der Waals surface area contributed by atoms with E-state index in [1.807, 2.05) is 32.0 Å². The number of thiophene rings is 1. The predicted octanol–water partition coefficient (Wildman–Crippen LogP) is 3.46. The summed E-state index contributed by atoms with van der Waals surface area (Å²) in [5.74, 6) is 1.30. The summed E-state index contributed by atoms with van der Waals surface area (Å²) in [6, 6.07) is 7.34. The molecule has 0 radical (unpaired) electrons. The number of ether oxygens (including phenoxy) is 2. The molecule has 5 nitrogen and oxygen atoms in total. The summed E-state index contributed by atoms with van der Waals surface area (Å²) in [5.41, 5.74) is 2.07. The molecule has 0 aliphatic carbocycles. The summed E-state index contributed by atoms with van der Waals surface area (Å²) in [6.45, 7) is 4.33. The third kappa shape index (κ3) is 3.28. The molecule has 1 aromatic heterocycles. The Bertz CT molecular complexity index is 873. The highest BCUT2D eigenvalue weighted by Gasteiger charge is 2.34. The number of methoxy groups -OCH3 is 2. The highest BCUT2D eigenvalue weighted by Crippen LogP contribution is 2.37. The second-order valence-corrected chi connectivity index (χ2v) is 9.44. The van der Waals surface area contributed by atoms with Gasteiger partial charge in [0.25, 0.3) is 10.0 Å².